The molecular weight excluding hydrogens is 365 g/mol. The Morgan fingerprint density at radius 2 is 1.85 bits per heavy atom. The molecule has 0 atom stereocenters. The second-order valence-electron chi connectivity index (χ2n) is 5.91. The normalized spacial score (nSPS) is 11.1. The van der Waals surface area contributed by atoms with E-state index in [9.17, 15) is 27.6 Å². The van der Waals surface area contributed by atoms with Crippen LogP contribution in [0.5, 0.6) is 0 Å². The standard InChI is InChI=1S/C18H17F3N2O4/c1-11-3-4-12(2)14(7-11)22-15(24)10-27-17(26)9-23-8-13(18(19,20)21)5-6-16(23)25/h3-8H,9-10H2,1-2H3,(H,22,24). The van der Waals surface area contributed by atoms with Gasteiger partial charge in [0.2, 0.25) is 0 Å². The first-order chi connectivity index (χ1) is 12.6. The Bertz CT molecular complexity index is 920. The lowest BCUT2D eigenvalue weighted by atomic mass is 10.1. The fraction of sp³-hybridized carbons (Fsp3) is 0.278. The average molecular weight is 382 g/mol. The zero-order valence-corrected chi connectivity index (χ0v) is 14.6. The number of aromatic nitrogens is 1. The molecule has 1 N–H and O–H groups in total. The molecule has 1 aromatic carbocycles. The third-order valence-electron chi connectivity index (χ3n) is 3.64. The van der Waals surface area contributed by atoms with E-state index in [0.29, 0.717) is 28.6 Å². The van der Waals surface area contributed by atoms with Gasteiger partial charge in [-0.2, -0.15) is 13.2 Å². The lowest BCUT2D eigenvalue weighted by Crippen LogP contribution is -2.28. The molecule has 0 unspecified atom stereocenters. The van der Waals surface area contributed by atoms with Crippen LogP contribution in [0, 0.1) is 13.8 Å². The number of carbonyl (C=O) groups excluding carboxylic acids is 2. The number of benzene rings is 1. The molecule has 6 nitrogen and oxygen atoms in total. The number of hydrogen-bond acceptors (Lipinski definition) is 4. The van der Waals surface area contributed by atoms with Crippen molar-refractivity contribution in [3.05, 3.63) is 63.6 Å². The first-order valence-electron chi connectivity index (χ1n) is 7.86. The maximum atomic E-state index is 12.7. The maximum absolute atomic E-state index is 12.7. The van der Waals surface area contributed by atoms with Gasteiger partial charge in [-0.25, -0.2) is 0 Å². The molecule has 144 valence electrons. The first kappa shape index (κ1) is 20.2. The Morgan fingerprint density at radius 1 is 1.15 bits per heavy atom. The van der Waals surface area contributed by atoms with Gasteiger partial charge in [0.05, 0.1) is 5.56 Å². The van der Waals surface area contributed by atoms with Crippen LogP contribution in [0.4, 0.5) is 18.9 Å². The van der Waals surface area contributed by atoms with Crippen molar-refractivity contribution in [2.24, 2.45) is 0 Å². The predicted molar refractivity (Wildman–Crippen MR) is 91.2 cm³/mol. The van der Waals surface area contributed by atoms with Crippen molar-refractivity contribution < 1.29 is 27.5 Å². The van der Waals surface area contributed by atoms with Gasteiger partial charge in [-0.15, -0.1) is 0 Å². The van der Waals surface area contributed by atoms with E-state index in [1.165, 1.54) is 0 Å². The molecule has 0 radical (unpaired) electrons. The number of ether oxygens (including phenoxy) is 1. The summed E-state index contributed by atoms with van der Waals surface area (Å²) >= 11 is 0. The minimum Gasteiger partial charge on any atom is -0.454 e. The Morgan fingerprint density at radius 3 is 2.52 bits per heavy atom. The van der Waals surface area contributed by atoms with E-state index in [-0.39, 0.29) is 0 Å². The third-order valence-corrected chi connectivity index (χ3v) is 3.64. The van der Waals surface area contributed by atoms with Crippen molar-refractivity contribution in [3.8, 4) is 0 Å². The molecule has 0 saturated carbocycles. The van der Waals surface area contributed by atoms with E-state index in [1.54, 1.807) is 13.0 Å². The van der Waals surface area contributed by atoms with E-state index < -0.39 is 42.3 Å². The lowest BCUT2D eigenvalue weighted by Gasteiger charge is -2.11. The van der Waals surface area contributed by atoms with Crippen LogP contribution in [0.25, 0.3) is 0 Å². The van der Waals surface area contributed by atoms with Gasteiger partial charge in [-0.3, -0.25) is 14.4 Å². The van der Waals surface area contributed by atoms with E-state index in [0.717, 1.165) is 11.1 Å². The largest absolute Gasteiger partial charge is 0.454 e. The smallest absolute Gasteiger partial charge is 0.417 e. The summed E-state index contributed by atoms with van der Waals surface area (Å²) in [5, 5.41) is 2.58. The molecule has 1 aromatic heterocycles. The molecule has 1 heterocycles. The molecule has 0 bridgehead atoms. The maximum Gasteiger partial charge on any atom is 0.417 e. The molecule has 0 fully saturated rings. The van der Waals surface area contributed by atoms with Crippen molar-refractivity contribution in [3.63, 3.8) is 0 Å². The fourth-order valence-corrected chi connectivity index (χ4v) is 2.21. The Hall–Kier alpha value is -3.10. The molecule has 0 saturated heterocycles. The van der Waals surface area contributed by atoms with Crippen LogP contribution in [0.15, 0.2) is 41.3 Å². The quantitative estimate of drug-likeness (QED) is 0.807. The second-order valence-corrected chi connectivity index (χ2v) is 5.91. The minimum absolute atomic E-state index is 0.528. The van der Waals surface area contributed by atoms with Crippen molar-refractivity contribution in [2.75, 3.05) is 11.9 Å². The zero-order chi connectivity index (χ0) is 20.2. The highest BCUT2D eigenvalue weighted by Crippen LogP contribution is 2.28. The van der Waals surface area contributed by atoms with Crippen molar-refractivity contribution in [1.29, 1.82) is 0 Å². The van der Waals surface area contributed by atoms with Gasteiger partial charge in [0, 0.05) is 18.0 Å². The Balaban J connectivity index is 1.95. The highest BCUT2D eigenvalue weighted by molar-refractivity contribution is 5.93. The lowest BCUT2D eigenvalue weighted by molar-refractivity contribution is -0.148. The van der Waals surface area contributed by atoms with Gasteiger partial charge in [0.1, 0.15) is 6.54 Å². The Labute approximate surface area is 152 Å². The molecule has 2 rings (SSSR count). The molecular formula is C18H17F3N2O4. The van der Waals surface area contributed by atoms with Crippen LogP contribution in [-0.4, -0.2) is 23.1 Å². The summed E-state index contributed by atoms with van der Waals surface area (Å²) in [6.07, 6.45) is -4.12. The number of anilines is 1. The molecule has 0 spiro atoms. The number of nitrogens with zero attached hydrogens (tertiary/aromatic N) is 1. The van der Waals surface area contributed by atoms with Crippen molar-refractivity contribution in [2.45, 2.75) is 26.6 Å². The van der Waals surface area contributed by atoms with Crippen molar-refractivity contribution in [1.82, 2.24) is 4.57 Å². The number of amides is 1. The van der Waals surface area contributed by atoms with Gasteiger partial charge in [-0.05, 0) is 37.1 Å². The Kier molecular flexibility index (Phi) is 6.04. The van der Waals surface area contributed by atoms with Crippen LogP contribution in [0.3, 0.4) is 0 Å². The van der Waals surface area contributed by atoms with Gasteiger partial charge in [0.25, 0.3) is 11.5 Å². The molecule has 27 heavy (non-hydrogen) atoms. The van der Waals surface area contributed by atoms with E-state index >= 15 is 0 Å². The number of hydrogen-bond donors (Lipinski definition) is 1. The number of nitrogens with one attached hydrogen (secondary N) is 1. The third kappa shape index (κ3) is 5.70. The second kappa shape index (κ2) is 8.07. The number of aryl methyl sites for hydroxylation is 2. The molecule has 2 aromatic rings. The van der Waals surface area contributed by atoms with Gasteiger partial charge >= 0.3 is 12.1 Å². The highest BCUT2D eigenvalue weighted by atomic mass is 19.4. The molecule has 9 heteroatoms. The van der Waals surface area contributed by atoms with Crippen LogP contribution in [0.1, 0.15) is 16.7 Å². The number of carbonyl (C=O) groups is 2. The highest BCUT2D eigenvalue weighted by Gasteiger charge is 2.31. The summed E-state index contributed by atoms with van der Waals surface area (Å²) in [6.45, 7) is 2.28. The summed E-state index contributed by atoms with van der Waals surface area (Å²) in [6, 6.07) is 6.77. The van der Waals surface area contributed by atoms with Crippen molar-refractivity contribution >= 4 is 17.6 Å². The minimum atomic E-state index is -4.65. The van der Waals surface area contributed by atoms with Gasteiger partial charge in [-0.1, -0.05) is 12.1 Å². The van der Waals surface area contributed by atoms with E-state index in [2.05, 4.69) is 5.32 Å². The van der Waals surface area contributed by atoms with Crippen LogP contribution in [-0.2, 0) is 27.0 Å². The summed E-state index contributed by atoms with van der Waals surface area (Å²) in [5.41, 5.74) is 0.445. The summed E-state index contributed by atoms with van der Waals surface area (Å²) in [5.74, 6) is -1.61. The number of alkyl halides is 3. The van der Waals surface area contributed by atoms with Crippen LogP contribution < -0.4 is 10.9 Å². The summed E-state index contributed by atoms with van der Waals surface area (Å²) < 4.78 is 43.3. The molecule has 0 aliphatic rings. The van der Waals surface area contributed by atoms with Gasteiger partial charge in [0.15, 0.2) is 6.61 Å². The monoisotopic (exact) mass is 382 g/mol. The molecule has 1 amide bonds. The van der Waals surface area contributed by atoms with E-state index in [4.69, 9.17) is 4.74 Å². The predicted octanol–water partition coefficient (Wildman–Crippen LogP) is 2.67. The summed E-state index contributed by atoms with van der Waals surface area (Å²) in [4.78, 5) is 35.2. The number of pyridine rings is 1. The zero-order valence-electron chi connectivity index (χ0n) is 14.6. The van der Waals surface area contributed by atoms with E-state index in [1.807, 2.05) is 19.1 Å². The fourth-order valence-electron chi connectivity index (χ4n) is 2.21. The summed E-state index contributed by atoms with van der Waals surface area (Å²) in [7, 11) is 0. The van der Waals surface area contributed by atoms with Crippen LogP contribution in [0.2, 0.25) is 0 Å². The molecule has 0 aliphatic carbocycles. The van der Waals surface area contributed by atoms with Gasteiger partial charge < -0.3 is 14.6 Å². The number of halogens is 3. The SMILES string of the molecule is Cc1ccc(C)c(NC(=O)COC(=O)Cn2cc(C(F)(F)F)ccc2=O)c1. The number of esters is 1. The first-order valence-corrected chi connectivity index (χ1v) is 7.86. The number of rotatable bonds is 5. The molecule has 0 aliphatic heterocycles. The topological polar surface area (TPSA) is 77.4 Å². The van der Waals surface area contributed by atoms with Crippen LogP contribution >= 0.6 is 0 Å². The average Bonchev–Trinajstić information content (AvgIpc) is 2.57.